The van der Waals surface area contributed by atoms with Gasteiger partial charge in [0.05, 0.1) is 5.69 Å². The highest BCUT2D eigenvalue weighted by molar-refractivity contribution is 5.99. The van der Waals surface area contributed by atoms with Gasteiger partial charge in [0, 0.05) is 80.2 Å². The number of hydrogen-bond donors (Lipinski definition) is 0. The highest BCUT2D eigenvalue weighted by Crippen LogP contribution is 2.28. The summed E-state index contributed by atoms with van der Waals surface area (Å²) >= 11 is 0. The minimum atomic E-state index is 0.131. The molecule has 0 atom stereocenters. The van der Waals surface area contributed by atoms with Crippen LogP contribution in [0.3, 0.4) is 0 Å². The lowest BCUT2D eigenvalue weighted by Crippen LogP contribution is -2.48. The second kappa shape index (κ2) is 9.11. The van der Waals surface area contributed by atoms with Crippen LogP contribution >= 0.6 is 0 Å². The van der Waals surface area contributed by atoms with Crippen LogP contribution in [-0.4, -0.2) is 56.2 Å². The summed E-state index contributed by atoms with van der Waals surface area (Å²) < 4.78 is 4.23. The summed E-state index contributed by atoms with van der Waals surface area (Å²) in [6.45, 7) is 11.4. The lowest BCUT2D eigenvalue weighted by atomic mass is 10.1. The molecule has 1 saturated heterocycles. The van der Waals surface area contributed by atoms with E-state index in [9.17, 15) is 4.79 Å². The van der Waals surface area contributed by atoms with Crippen molar-refractivity contribution >= 4 is 16.8 Å². The Morgan fingerprint density at radius 2 is 1.68 bits per heavy atom. The van der Waals surface area contributed by atoms with Crippen LogP contribution in [0.1, 0.15) is 38.4 Å². The summed E-state index contributed by atoms with van der Waals surface area (Å²) in [5, 5.41) is 5.62. The molecule has 1 aliphatic heterocycles. The van der Waals surface area contributed by atoms with Gasteiger partial charge < -0.3 is 9.47 Å². The largest absolute Gasteiger partial charge is 0.340 e. The van der Waals surface area contributed by atoms with Crippen molar-refractivity contribution in [2.24, 2.45) is 7.05 Å². The summed E-state index contributed by atoms with van der Waals surface area (Å²) in [7, 11) is 1.96. The summed E-state index contributed by atoms with van der Waals surface area (Å²) in [5.41, 5.74) is 8.09. The Kier molecular flexibility index (Phi) is 6.00. The van der Waals surface area contributed by atoms with Gasteiger partial charge in [0.1, 0.15) is 0 Å². The van der Waals surface area contributed by atoms with Crippen molar-refractivity contribution in [2.75, 3.05) is 26.2 Å². The van der Waals surface area contributed by atoms with E-state index in [4.69, 9.17) is 0 Å². The van der Waals surface area contributed by atoms with Gasteiger partial charge >= 0.3 is 0 Å². The van der Waals surface area contributed by atoms with Crippen molar-refractivity contribution in [3.63, 3.8) is 0 Å². The number of fused-ring (bicyclic) bond motifs is 1. The number of aryl methyl sites for hydroxylation is 3. The molecule has 0 saturated carbocycles. The number of rotatable bonds is 5. The van der Waals surface area contributed by atoms with Gasteiger partial charge in [-0.05, 0) is 50.1 Å². The molecule has 4 aromatic rings. The topological polar surface area (TPSA) is 46.3 Å². The Morgan fingerprint density at radius 3 is 2.35 bits per heavy atom. The Labute approximate surface area is 201 Å². The fourth-order valence-corrected chi connectivity index (χ4v) is 5.09. The molecule has 3 heterocycles. The molecule has 176 valence electrons. The van der Waals surface area contributed by atoms with Crippen molar-refractivity contribution in [2.45, 2.75) is 33.9 Å². The molecule has 6 heteroatoms. The molecular formula is C28H33N5O. The maximum absolute atomic E-state index is 13.3. The molecule has 0 N–H and O–H groups in total. The third-order valence-corrected chi connectivity index (χ3v) is 7.24. The van der Waals surface area contributed by atoms with Crippen molar-refractivity contribution in [3.05, 3.63) is 88.4 Å². The van der Waals surface area contributed by atoms with Gasteiger partial charge in [0.15, 0.2) is 0 Å². The molecule has 1 fully saturated rings. The average Bonchev–Trinajstić information content (AvgIpc) is 3.29. The molecule has 0 spiro atoms. The quantitative estimate of drug-likeness (QED) is 0.451. The standard InChI is InChI=1S/C28H33N5O/c1-20-22(3)33(17-23-8-6-5-7-9-23)27-11-10-24(16-26(20)27)28(34)32-14-12-31(13-15-32)19-25-18-30(4)29-21(25)2/h5-11,16,18H,12-15,17,19H2,1-4H3. The van der Waals surface area contributed by atoms with E-state index in [1.165, 1.54) is 33.3 Å². The van der Waals surface area contributed by atoms with Crippen LogP contribution in [0.4, 0.5) is 0 Å². The fraction of sp³-hybridized carbons (Fsp3) is 0.357. The van der Waals surface area contributed by atoms with Crippen LogP contribution < -0.4 is 0 Å². The van der Waals surface area contributed by atoms with Crippen LogP contribution in [-0.2, 0) is 20.1 Å². The first-order chi connectivity index (χ1) is 16.4. The molecule has 1 aliphatic rings. The van der Waals surface area contributed by atoms with Gasteiger partial charge in [-0.3, -0.25) is 14.4 Å². The maximum Gasteiger partial charge on any atom is 0.253 e. The molecule has 0 radical (unpaired) electrons. The summed E-state index contributed by atoms with van der Waals surface area (Å²) in [6.07, 6.45) is 2.09. The van der Waals surface area contributed by atoms with E-state index in [-0.39, 0.29) is 5.91 Å². The molecule has 5 rings (SSSR count). The average molecular weight is 456 g/mol. The molecule has 1 amide bonds. The third kappa shape index (κ3) is 4.26. The summed E-state index contributed by atoms with van der Waals surface area (Å²) in [6, 6.07) is 16.7. The van der Waals surface area contributed by atoms with Gasteiger partial charge in [-0.2, -0.15) is 5.10 Å². The first kappa shape index (κ1) is 22.4. The van der Waals surface area contributed by atoms with E-state index in [0.29, 0.717) is 0 Å². The number of carbonyl (C=O) groups excluding carboxylic acids is 1. The number of nitrogens with zero attached hydrogens (tertiary/aromatic N) is 5. The zero-order valence-electron chi connectivity index (χ0n) is 20.6. The van der Waals surface area contributed by atoms with Gasteiger partial charge in [-0.15, -0.1) is 0 Å². The smallest absolute Gasteiger partial charge is 0.253 e. The summed E-state index contributed by atoms with van der Waals surface area (Å²) in [4.78, 5) is 17.8. The zero-order chi connectivity index (χ0) is 23.8. The van der Waals surface area contributed by atoms with E-state index in [2.05, 4.69) is 77.9 Å². The Balaban J connectivity index is 1.30. The number of amides is 1. The lowest BCUT2D eigenvalue weighted by molar-refractivity contribution is 0.0628. The summed E-state index contributed by atoms with van der Waals surface area (Å²) in [5.74, 6) is 0.131. The lowest BCUT2D eigenvalue weighted by Gasteiger charge is -2.34. The molecule has 2 aromatic heterocycles. The Hall–Kier alpha value is -3.38. The van der Waals surface area contributed by atoms with E-state index >= 15 is 0 Å². The Morgan fingerprint density at radius 1 is 0.941 bits per heavy atom. The van der Waals surface area contributed by atoms with E-state index in [0.717, 1.165) is 50.5 Å². The molecular weight excluding hydrogens is 422 g/mol. The monoisotopic (exact) mass is 455 g/mol. The number of hydrogen-bond acceptors (Lipinski definition) is 3. The van der Waals surface area contributed by atoms with Gasteiger partial charge in [0.2, 0.25) is 0 Å². The second-order valence-electron chi connectivity index (χ2n) is 9.50. The highest BCUT2D eigenvalue weighted by Gasteiger charge is 2.24. The fourth-order valence-electron chi connectivity index (χ4n) is 5.09. The molecule has 34 heavy (non-hydrogen) atoms. The van der Waals surface area contributed by atoms with Gasteiger partial charge in [0.25, 0.3) is 5.91 Å². The molecule has 0 aliphatic carbocycles. The van der Waals surface area contributed by atoms with Crippen molar-refractivity contribution < 1.29 is 4.79 Å². The number of aromatic nitrogens is 3. The van der Waals surface area contributed by atoms with Crippen LogP contribution in [0, 0.1) is 20.8 Å². The molecule has 0 bridgehead atoms. The molecule has 0 unspecified atom stereocenters. The van der Waals surface area contributed by atoms with Crippen LogP contribution in [0.15, 0.2) is 54.7 Å². The van der Waals surface area contributed by atoms with Crippen molar-refractivity contribution in [3.8, 4) is 0 Å². The minimum Gasteiger partial charge on any atom is -0.340 e. The van der Waals surface area contributed by atoms with Crippen LogP contribution in [0.5, 0.6) is 0 Å². The first-order valence-electron chi connectivity index (χ1n) is 12.0. The van der Waals surface area contributed by atoms with Crippen molar-refractivity contribution in [1.82, 2.24) is 24.1 Å². The number of carbonyl (C=O) groups is 1. The third-order valence-electron chi connectivity index (χ3n) is 7.24. The van der Waals surface area contributed by atoms with Crippen molar-refractivity contribution in [1.29, 1.82) is 0 Å². The van der Waals surface area contributed by atoms with E-state index < -0.39 is 0 Å². The predicted molar refractivity (Wildman–Crippen MR) is 136 cm³/mol. The minimum absolute atomic E-state index is 0.131. The molecule has 2 aromatic carbocycles. The number of piperazine rings is 1. The van der Waals surface area contributed by atoms with E-state index in [1.807, 2.05) is 28.8 Å². The van der Waals surface area contributed by atoms with E-state index in [1.54, 1.807) is 0 Å². The zero-order valence-corrected chi connectivity index (χ0v) is 20.6. The maximum atomic E-state index is 13.3. The first-order valence-corrected chi connectivity index (χ1v) is 12.0. The second-order valence-corrected chi connectivity index (χ2v) is 9.50. The normalized spacial score (nSPS) is 14.8. The predicted octanol–water partition coefficient (Wildman–Crippen LogP) is 4.31. The van der Waals surface area contributed by atoms with Crippen LogP contribution in [0.2, 0.25) is 0 Å². The number of benzene rings is 2. The Bertz CT molecular complexity index is 1330. The SMILES string of the molecule is Cc1nn(C)cc1CN1CCN(C(=O)c2ccc3c(c2)c(C)c(C)n3Cc2ccccc2)CC1. The van der Waals surface area contributed by atoms with Crippen LogP contribution in [0.25, 0.3) is 10.9 Å². The molecule has 6 nitrogen and oxygen atoms in total. The van der Waals surface area contributed by atoms with Gasteiger partial charge in [-0.25, -0.2) is 0 Å². The highest BCUT2D eigenvalue weighted by atomic mass is 16.2. The van der Waals surface area contributed by atoms with Gasteiger partial charge in [-0.1, -0.05) is 30.3 Å².